The normalized spacial score (nSPS) is 15.4. The summed E-state index contributed by atoms with van der Waals surface area (Å²) < 4.78 is 27.0. The van der Waals surface area contributed by atoms with E-state index in [9.17, 15) is 13.2 Å². The number of rotatable bonds is 7. The second-order valence-electron chi connectivity index (χ2n) is 6.15. The van der Waals surface area contributed by atoms with Crippen molar-refractivity contribution in [1.82, 2.24) is 14.9 Å². The Balaban J connectivity index is 0.00000312. The van der Waals surface area contributed by atoms with E-state index in [0.29, 0.717) is 25.2 Å². The molecule has 1 fully saturated rings. The van der Waals surface area contributed by atoms with Crippen LogP contribution in [0, 0.1) is 6.92 Å². The lowest BCUT2D eigenvalue weighted by atomic mass is 10.1. The highest BCUT2D eigenvalue weighted by Crippen LogP contribution is 2.22. The Hall–Kier alpha value is -1.15. The van der Waals surface area contributed by atoms with Gasteiger partial charge in [-0.3, -0.25) is 4.79 Å². The molecule has 0 atom stereocenters. The van der Waals surface area contributed by atoms with Crippen LogP contribution < -0.4 is 10.6 Å². The Labute approximate surface area is 156 Å². The summed E-state index contributed by atoms with van der Waals surface area (Å²) >= 11 is 0. The molecule has 8 heteroatoms. The Bertz CT molecular complexity index is 674. The minimum Gasteiger partial charge on any atom is -0.352 e. The molecule has 0 saturated carbocycles. The molecule has 1 amide bonds. The van der Waals surface area contributed by atoms with Gasteiger partial charge < -0.3 is 10.6 Å². The van der Waals surface area contributed by atoms with Crippen LogP contribution in [-0.4, -0.2) is 51.9 Å². The van der Waals surface area contributed by atoms with Crippen molar-refractivity contribution < 1.29 is 13.2 Å². The summed E-state index contributed by atoms with van der Waals surface area (Å²) in [6.45, 7) is 4.31. The monoisotopic (exact) mass is 389 g/mol. The van der Waals surface area contributed by atoms with Gasteiger partial charge in [-0.15, -0.1) is 12.4 Å². The van der Waals surface area contributed by atoms with Crippen molar-refractivity contribution >= 4 is 28.3 Å². The lowest BCUT2D eigenvalue weighted by Crippen LogP contribution is -2.35. The maximum Gasteiger partial charge on any atom is 0.251 e. The number of amides is 1. The number of aryl methyl sites for hydroxylation is 1. The van der Waals surface area contributed by atoms with E-state index in [1.807, 2.05) is 14.0 Å². The fraction of sp³-hybridized carbons (Fsp3) is 0.588. The van der Waals surface area contributed by atoms with Crippen LogP contribution in [0.4, 0.5) is 0 Å². The molecule has 1 aliphatic rings. The highest BCUT2D eigenvalue weighted by atomic mass is 35.5. The number of hydrogen-bond donors (Lipinski definition) is 2. The average molecular weight is 390 g/mol. The van der Waals surface area contributed by atoms with E-state index in [1.165, 1.54) is 10.4 Å². The molecule has 0 radical (unpaired) electrons. The third kappa shape index (κ3) is 5.67. The number of carbonyl (C=O) groups is 1. The van der Waals surface area contributed by atoms with Crippen molar-refractivity contribution in [2.75, 3.05) is 33.2 Å². The molecule has 6 nitrogen and oxygen atoms in total. The Kier molecular flexibility index (Phi) is 8.85. The second kappa shape index (κ2) is 10.1. The Morgan fingerprint density at radius 3 is 2.48 bits per heavy atom. The molecule has 142 valence electrons. The van der Waals surface area contributed by atoms with Crippen LogP contribution in [0.25, 0.3) is 0 Å². The van der Waals surface area contributed by atoms with E-state index in [2.05, 4.69) is 10.6 Å². The van der Waals surface area contributed by atoms with Crippen molar-refractivity contribution in [3.63, 3.8) is 0 Å². The molecule has 0 unspecified atom stereocenters. The van der Waals surface area contributed by atoms with Crippen LogP contribution in [-0.2, 0) is 10.0 Å². The standard InChI is InChI=1S/C17H27N3O3S.ClH/c1-14-7-8-15(24(22,23)20-11-4-3-5-12-20)13-16(14)17(21)19-10-6-9-18-2;/h7-8,13,18H,3-6,9-12H2,1-2H3,(H,19,21);1H. The summed E-state index contributed by atoms with van der Waals surface area (Å²) in [6, 6.07) is 4.81. The minimum atomic E-state index is -3.52. The molecule has 25 heavy (non-hydrogen) atoms. The predicted octanol–water partition coefficient (Wildman–Crippen LogP) is 1.93. The van der Waals surface area contributed by atoms with E-state index < -0.39 is 10.0 Å². The molecule has 0 aromatic heterocycles. The topological polar surface area (TPSA) is 78.5 Å². The zero-order valence-electron chi connectivity index (χ0n) is 14.9. The first-order chi connectivity index (χ1) is 11.5. The van der Waals surface area contributed by atoms with Gasteiger partial charge in [0.2, 0.25) is 10.0 Å². The molecule has 0 aliphatic carbocycles. The van der Waals surface area contributed by atoms with Crippen LogP contribution in [0.2, 0.25) is 0 Å². The Morgan fingerprint density at radius 2 is 1.84 bits per heavy atom. The molecule has 0 spiro atoms. The smallest absolute Gasteiger partial charge is 0.251 e. The predicted molar refractivity (Wildman–Crippen MR) is 102 cm³/mol. The average Bonchev–Trinajstić information content (AvgIpc) is 2.59. The van der Waals surface area contributed by atoms with E-state index in [4.69, 9.17) is 0 Å². The van der Waals surface area contributed by atoms with Gasteiger partial charge in [0.1, 0.15) is 0 Å². The van der Waals surface area contributed by atoms with Gasteiger partial charge in [-0.2, -0.15) is 4.31 Å². The summed E-state index contributed by atoms with van der Waals surface area (Å²) in [7, 11) is -1.66. The number of piperidine rings is 1. The summed E-state index contributed by atoms with van der Waals surface area (Å²) in [4.78, 5) is 12.5. The number of sulfonamides is 1. The number of nitrogens with zero attached hydrogens (tertiary/aromatic N) is 1. The molecule has 2 rings (SSSR count). The summed E-state index contributed by atoms with van der Waals surface area (Å²) in [5.41, 5.74) is 1.20. The number of nitrogens with one attached hydrogen (secondary N) is 2. The summed E-state index contributed by atoms with van der Waals surface area (Å²) in [5, 5.41) is 5.87. The molecule has 0 bridgehead atoms. The van der Waals surface area contributed by atoms with Crippen LogP contribution >= 0.6 is 12.4 Å². The molecular weight excluding hydrogens is 362 g/mol. The first-order valence-corrected chi connectivity index (χ1v) is 9.94. The Morgan fingerprint density at radius 1 is 1.16 bits per heavy atom. The minimum absolute atomic E-state index is 0. The number of halogens is 1. The van der Waals surface area contributed by atoms with Crippen LogP contribution in [0.15, 0.2) is 23.1 Å². The largest absolute Gasteiger partial charge is 0.352 e. The third-order valence-electron chi connectivity index (χ3n) is 4.30. The first kappa shape index (κ1) is 21.9. The SMILES string of the molecule is CNCCCNC(=O)c1cc(S(=O)(=O)N2CCCCC2)ccc1C.Cl. The van der Waals surface area contributed by atoms with Gasteiger partial charge in [-0.05, 0) is 57.5 Å². The van der Waals surface area contributed by atoms with E-state index in [0.717, 1.165) is 37.8 Å². The van der Waals surface area contributed by atoms with Gasteiger partial charge in [-0.1, -0.05) is 12.5 Å². The van der Waals surface area contributed by atoms with Crippen LogP contribution in [0.3, 0.4) is 0 Å². The quantitative estimate of drug-likeness (QED) is 0.698. The van der Waals surface area contributed by atoms with Gasteiger partial charge in [0, 0.05) is 25.2 Å². The second-order valence-corrected chi connectivity index (χ2v) is 8.09. The molecule has 1 heterocycles. The van der Waals surface area contributed by atoms with Crippen molar-refractivity contribution in [3.8, 4) is 0 Å². The maximum absolute atomic E-state index is 12.8. The van der Waals surface area contributed by atoms with Crippen molar-refractivity contribution in [2.45, 2.75) is 37.5 Å². The number of carbonyl (C=O) groups excluding carboxylic acids is 1. The van der Waals surface area contributed by atoms with Gasteiger partial charge in [0.15, 0.2) is 0 Å². The molecule has 1 aromatic rings. The summed E-state index contributed by atoms with van der Waals surface area (Å²) in [6.07, 6.45) is 3.68. The fourth-order valence-corrected chi connectivity index (χ4v) is 4.37. The van der Waals surface area contributed by atoms with E-state index in [-0.39, 0.29) is 23.2 Å². The maximum atomic E-state index is 12.8. The lowest BCUT2D eigenvalue weighted by molar-refractivity contribution is 0.0952. The number of benzene rings is 1. The van der Waals surface area contributed by atoms with Gasteiger partial charge in [0.05, 0.1) is 4.90 Å². The number of hydrogen-bond acceptors (Lipinski definition) is 4. The summed E-state index contributed by atoms with van der Waals surface area (Å²) in [5.74, 6) is -0.223. The third-order valence-corrected chi connectivity index (χ3v) is 6.19. The van der Waals surface area contributed by atoms with Crippen LogP contribution in [0.5, 0.6) is 0 Å². The van der Waals surface area contributed by atoms with Crippen molar-refractivity contribution in [2.24, 2.45) is 0 Å². The molecular formula is C17H28ClN3O3S. The highest BCUT2D eigenvalue weighted by molar-refractivity contribution is 7.89. The van der Waals surface area contributed by atoms with Gasteiger partial charge in [-0.25, -0.2) is 8.42 Å². The highest BCUT2D eigenvalue weighted by Gasteiger charge is 2.26. The molecule has 1 aliphatic heterocycles. The van der Waals surface area contributed by atoms with E-state index in [1.54, 1.807) is 12.1 Å². The van der Waals surface area contributed by atoms with Crippen molar-refractivity contribution in [1.29, 1.82) is 0 Å². The van der Waals surface area contributed by atoms with Crippen LogP contribution in [0.1, 0.15) is 41.6 Å². The lowest BCUT2D eigenvalue weighted by Gasteiger charge is -2.26. The zero-order valence-corrected chi connectivity index (χ0v) is 16.5. The molecule has 1 aromatic carbocycles. The molecule has 2 N–H and O–H groups in total. The van der Waals surface area contributed by atoms with Crippen molar-refractivity contribution in [3.05, 3.63) is 29.3 Å². The van der Waals surface area contributed by atoms with E-state index >= 15 is 0 Å². The van der Waals surface area contributed by atoms with Gasteiger partial charge >= 0.3 is 0 Å². The first-order valence-electron chi connectivity index (χ1n) is 8.50. The fourth-order valence-electron chi connectivity index (χ4n) is 2.82. The zero-order chi connectivity index (χ0) is 17.6. The molecule has 1 saturated heterocycles. The van der Waals surface area contributed by atoms with Gasteiger partial charge in [0.25, 0.3) is 5.91 Å².